The Labute approximate surface area is 147 Å². The normalized spacial score (nSPS) is 10.8. The van der Waals surface area contributed by atoms with Gasteiger partial charge in [0.1, 0.15) is 11.5 Å². The van der Waals surface area contributed by atoms with Crippen LogP contribution in [0.1, 0.15) is 21.9 Å². The molecule has 0 unspecified atom stereocenters. The van der Waals surface area contributed by atoms with Crippen molar-refractivity contribution in [2.24, 2.45) is 0 Å². The highest BCUT2D eigenvalue weighted by Crippen LogP contribution is 2.32. The van der Waals surface area contributed by atoms with E-state index in [2.05, 4.69) is 10.3 Å². The number of hydrogen-bond acceptors (Lipinski definition) is 4. The maximum Gasteiger partial charge on any atom is 0.260 e. The van der Waals surface area contributed by atoms with Gasteiger partial charge in [-0.15, -0.1) is 11.3 Å². The highest BCUT2D eigenvalue weighted by molar-refractivity contribution is 7.14. The van der Waals surface area contributed by atoms with Crippen molar-refractivity contribution in [3.63, 3.8) is 0 Å². The number of aryl methyl sites for hydroxylation is 2. The Balaban J connectivity index is 1.84. The predicted octanol–water partition coefficient (Wildman–Crippen LogP) is 5.58. The van der Waals surface area contributed by atoms with E-state index in [9.17, 15) is 4.79 Å². The summed E-state index contributed by atoms with van der Waals surface area (Å²) in [4.78, 5) is 16.7. The summed E-state index contributed by atoms with van der Waals surface area (Å²) in [6.45, 7) is 3.55. The summed E-state index contributed by atoms with van der Waals surface area (Å²) in [5.74, 6) is 1.02. The molecule has 0 atom stereocenters. The van der Waals surface area contributed by atoms with Gasteiger partial charge < -0.3 is 4.42 Å². The van der Waals surface area contributed by atoms with E-state index in [1.54, 1.807) is 38.1 Å². The highest BCUT2D eigenvalue weighted by Gasteiger charge is 2.16. The van der Waals surface area contributed by atoms with Gasteiger partial charge in [0, 0.05) is 16.0 Å². The minimum Gasteiger partial charge on any atom is -0.466 e. The number of halogens is 2. The Bertz CT molecular complexity index is 886. The monoisotopic (exact) mass is 366 g/mol. The predicted molar refractivity (Wildman–Crippen MR) is 93.7 cm³/mol. The molecule has 0 saturated heterocycles. The summed E-state index contributed by atoms with van der Waals surface area (Å²) in [5.41, 5.74) is 1.89. The fourth-order valence-corrected chi connectivity index (χ4v) is 3.26. The summed E-state index contributed by atoms with van der Waals surface area (Å²) in [6.07, 6.45) is 0. The summed E-state index contributed by atoms with van der Waals surface area (Å²) in [7, 11) is 0. The molecule has 0 bridgehead atoms. The first-order chi connectivity index (χ1) is 10.9. The van der Waals surface area contributed by atoms with E-state index >= 15 is 0 Å². The maximum absolute atomic E-state index is 12.3. The molecule has 1 amide bonds. The van der Waals surface area contributed by atoms with Crippen molar-refractivity contribution in [3.8, 4) is 11.3 Å². The third kappa shape index (κ3) is 3.42. The molecule has 118 valence electrons. The number of thiazole rings is 1. The Morgan fingerprint density at radius 2 is 2.04 bits per heavy atom. The fourth-order valence-electron chi connectivity index (χ4n) is 2.17. The lowest BCUT2D eigenvalue weighted by molar-refractivity contribution is 0.102. The van der Waals surface area contributed by atoms with E-state index < -0.39 is 0 Å². The second-order valence-corrected chi connectivity index (χ2v) is 6.64. The van der Waals surface area contributed by atoms with Crippen LogP contribution in [-0.4, -0.2) is 10.9 Å². The summed E-state index contributed by atoms with van der Waals surface area (Å²) in [6, 6.07) is 6.88. The summed E-state index contributed by atoms with van der Waals surface area (Å²) in [5, 5.41) is 6.21. The second-order valence-electron chi connectivity index (χ2n) is 4.94. The summed E-state index contributed by atoms with van der Waals surface area (Å²) >= 11 is 13.5. The molecule has 0 aliphatic rings. The number of anilines is 1. The van der Waals surface area contributed by atoms with Crippen LogP contribution >= 0.6 is 34.5 Å². The Kier molecular flexibility index (Phi) is 4.43. The van der Waals surface area contributed by atoms with Crippen molar-refractivity contribution in [1.29, 1.82) is 0 Å². The standard InChI is InChI=1S/C16H12Cl2N2O2S/c1-8-5-11(9(2)22-8)15(21)20-16-19-14(7-23-16)12-6-10(17)3-4-13(12)18/h3-7H,1-2H3,(H,19,20,21). The van der Waals surface area contributed by atoms with Crippen LogP contribution in [0.15, 0.2) is 34.1 Å². The number of rotatable bonds is 3. The molecule has 1 N–H and O–H groups in total. The van der Waals surface area contributed by atoms with E-state index in [-0.39, 0.29) is 5.91 Å². The number of nitrogens with zero attached hydrogens (tertiary/aromatic N) is 1. The largest absolute Gasteiger partial charge is 0.466 e. The zero-order chi connectivity index (χ0) is 16.6. The molecule has 4 nitrogen and oxygen atoms in total. The van der Waals surface area contributed by atoms with Crippen LogP contribution in [0, 0.1) is 13.8 Å². The van der Waals surface area contributed by atoms with Crippen molar-refractivity contribution < 1.29 is 9.21 Å². The number of nitrogens with one attached hydrogen (secondary N) is 1. The van der Waals surface area contributed by atoms with E-state index in [0.29, 0.717) is 38.0 Å². The number of aromatic nitrogens is 1. The quantitative estimate of drug-likeness (QED) is 0.658. The van der Waals surface area contributed by atoms with Crippen LogP contribution in [0.25, 0.3) is 11.3 Å². The van der Waals surface area contributed by atoms with Gasteiger partial charge in [-0.05, 0) is 38.1 Å². The third-order valence-corrected chi connectivity index (χ3v) is 4.54. The molecular weight excluding hydrogens is 355 g/mol. The first-order valence-corrected chi connectivity index (χ1v) is 8.37. The number of hydrogen-bond donors (Lipinski definition) is 1. The SMILES string of the molecule is Cc1cc(C(=O)Nc2nc(-c3cc(Cl)ccc3Cl)cs2)c(C)o1. The minimum absolute atomic E-state index is 0.252. The molecule has 0 radical (unpaired) electrons. The number of carbonyl (C=O) groups is 1. The zero-order valence-corrected chi connectivity index (χ0v) is 14.6. The van der Waals surface area contributed by atoms with Crippen molar-refractivity contribution in [3.05, 3.63) is 56.8 Å². The van der Waals surface area contributed by atoms with Gasteiger partial charge in [0.15, 0.2) is 5.13 Å². The summed E-state index contributed by atoms with van der Waals surface area (Å²) < 4.78 is 5.37. The highest BCUT2D eigenvalue weighted by atomic mass is 35.5. The first-order valence-electron chi connectivity index (χ1n) is 6.73. The van der Waals surface area contributed by atoms with Crippen LogP contribution < -0.4 is 5.32 Å². The van der Waals surface area contributed by atoms with Gasteiger partial charge in [0.2, 0.25) is 0 Å². The van der Waals surface area contributed by atoms with E-state index in [1.807, 2.05) is 5.38 Å². The van der Waals surface area contributed by atoms with Crippen molar-refractivity contribution in [2.45, 2.75) is 13.8 Å². The molecule has 3 rings (SSSR count). The van der Waals surface area contributed by atoms with Crippen molar-refractivity contribution in [1.82, 2.24) is 4.98 Å². The van der Waals surface area contributed by atoms with Gasteiger partial charge in [-0.2, -0.15) is 0 Å². The van der Waals surface area contributed by atoms with Crippen molar-refractivity contribution >= 4 is 45.6 Å². The smallest absolute Gasteiger partial charge is 0.260 e. The molecular formula is C16H12Cl2N2O2S. The van der Waals surface area contributed by atoms with Crippen molar-refractivity contribution in [2.75, 3.05) is 5.32 Å². The van der Waals surface area contributed by atoms with Gasteiger partial charge in [-0.25, -0.2) is 4.98 Å². The average molecular weight is 367 g/mol. The van der Waals surface area contributed by atoms with Gasteiger partial charge in [-0.1, -0.05) is 23.2 Å². The van der Waals surface area contributed by atoms with E-state index in [4.69, 9.17) is 27.6 Å². The van der Waals surface area contributed by atoms with Crippen LogP contribution in [0.3, 0.4) is 0 Å². The number of furan rings is 1. The molecule has 3 aromatic rings. The molecule has 0 saturated carbocycles. The number of amides is 1. The lowest BCUT2D eigenvalue weighted by Gasteiger charge is -2.02. The third-order valence-electron chi connectivity index (χ3n) is 3.21. The zero-order valence-electron chi connectivity index (χ0n) is 12.3. The van der Waals surface area contributed by atoms with Gasteiger partial charge in [-0.3, -0.25) is 10.1 Å². The number of carbonyl (C=O) groups excluding carboxylic acids is 1. The maximum atomic E-state index is 12.3. The lowest BCUT2D eigenvalue weighted by atomic mass is 10.2. The lowest BCUT2D eigenvalue weighted by Crippen LogP contribution is -2.11. The molecule has 2 aromatic heterocycles. The topological polar surface area (TPSA) is 55.1 Å². The molecule has 0 aliphatic heterocycles. The van der Waals surface area contributed by atoms with Crippen LogP contribution in [0.5, 0.6) is 0 Å². The minimum atomic E-state index is -0.252. The second kappa shape index (κ2) is 6.35. The van der Waals surface area contributed by atoms with Crippen LogP contribution in [0.4, 0.5) is 5.13 Å². The molecule has 0 spiro atoms. The number of benzene rings is 1. The average Bonchev–Trinajstić information content (AvgIpc) is 3.08. The van der Waals surface area contributed by atoms with Crippen LogP contribution in [-0.2, 0) is 0 Å². The Morgan fingerprint density at radius 3 is 2.74 bits per heavy atom. The molecule has 23 heavy (non-hydrogen) atoms. The fraction of sp³-hybridized carbons (Fsp3) is 0.125. The molecule has 1 aromatic carbocycles. The molecule has 7 heteroatoms. The molecule has 0 aliphatic carbocycles. The van der Waals surface area contributed by atoms with E-state index in [1.165, 1.54) is 11.3 Å². The molecule has 0 fully saturated rings. The van der Waals surface area contributed by atoms with Gasteiger partial charge in [0.05, 0.1) is 16.3 Å². The molecule has 2 heterocycles. The Hall–Kier alpha value is -1.82. The van der Waals surface area contributed by atoms with E-state index in [0.717, 1.165) is 5.56 Å². The Morgan fingerprint density at radius 1 is 1.26 bits per heavy atom. The van der Waals surface area contributed by atoms with Gasteiger partial charge in [0.25, 0.3) is 5.91 Å². The first kappa shape index (κ1) is 16.1. The van der Waals surface area contributed by atoms with Gasteiger partial charge >= 0.3 is 0 Å². The van der Waals surface area contributed by atoms with Crippen LogP contribution in [0.2, 0.25) is 10.0 Å².